The van der Waals surface area contributed by atoms with Crippen LogP contribution in [0.4, 0.5) is 0 Å². The molecule has 102 valence electrons. The Morgan fingerprint density at radius 1 is 1.12 bits per heavy atom. The van der Waals surface area contributed by atoms with E-state index in [4.69, 9.17) is 0 Å². The van der Waals surface area contributed by atoms with Gasteiger partial charge >= 0.3 is 0 Å². The fraction of sp³-hybridized carbons (Fsp3) is 1.00. The van der Waals surface area contributed by atoms with Gasteiger partial charge in [0.2, 0.25) is 0 Å². The molecule has 0 radical (unpaired) electrons. The zero-order valence-electron chi connectivity index (χ0n) is 10.4. The van der Waals surface area contributed by atoms with E-state index in [1.807, 2.05) is 0 Å². The molecule has 0 saturated carbocycles. The van der Waals surface area contributed by atoms with E-state index < -0.39 is 0 Å². The first-order valence-electron chi connectivity index (χ1n) is 5.29. The molecule has 0 aliphatic carbocycles. The van der Waals surface area contributed by atoms with Gasteiger partial charge < -0.3 is 10.2 Å². The first-order valence-corrected chi connectivity index (χ1v) is 5.29. The van der Waals surface area contributed by atoms with Crippen LogP contribution in [0, 0.1) is 0 Å². The molecule has 0 aromatic rings. The lowest BCUT2D eigenvalue weighted by Gasteiger charge is -2.33. The van der Waals surface area contributed by atoms with Crippen LogP contribution in [0.1, 0.15) is 13.3 Å². The Bertz CT molecular complexity index is 141. The Kier molecular flexibility index (Phi) is 16.8. The standard InChI is InChI=1S/C10H23N3.3ClH/c1-10(4-7-12(2)3)13-8-5-11-6-9-13;;;/h10-11H,4-9H2,1-3H3;3*1H. The number of hydrogen-bond donors (Lipinski definition) is 1. The van der Waals surface area contributed by atoms with Crippen LogP contribution in [-0.4, -0.2) is 62.7 Å². The molecule has 1 atom stereocenters. The van der Waals surface area contributed by atoms with Crippen molar-refractivity contribution in [2.75, 3.05) is 46.8 Å². The molecule has 1 rings (SSSR count). The van der Waals surface area contributed by atoms with Crippen LogP contribution in [0.2, 0.25) is 0 Å². The predicted molar refractivity (Wildman–Crippen MR) is 78.8 cm³/mol. The third kappa shape index (κ3) is 8.85. The largest absolute Gasteiger partial charge is 0.314 e. The second-order valence-electron chi connectivity index (χ2n) is 4.23. The minimum absolute atomic E-state index is 0. The Morgan fingerprint density at radius 3 is 2.06 bits per heavy atom. The molecule has 1 heterocycles. The van der Waals surface area contributed by atoms with Crippen LogP contribution in [0.15, 0.2) is 0 Å². The number of hydrogen-bond acceptors (Lipinski definition) is 3. The van der Waals surface area contributed by atoms with Crippen molar-refractivity contribution >= 4 is 37.2 Å². The molecule has 1 N–H and O–H groups in total. The molecule has 1 aliphatic heterocycles. The van der Waals surface area contributed by atoms with E-state index in [9.17, 15) is 0 Å². The van der Waals surface area contributed by atoms with E-state index in [1.54, 1.807) is 0 Å². The quantitative estimate of drug-likeness (QED) is 0.848. The van der Waals surface area contributed by atoms with Gasteiger partial charge in [0.15, 0.2) is 0 Å². The minimum atomic E-state index is 0. The van der Waals surface area contributed by atoms with Crippen LogP contribution in [0.5, 0.6) is 0 Å². The summed E-state index contributed by atoms with van der Waals surface area (Å²) >= 11 is 0. The monoisotopic (exact) mass is 293 g/mol. The molecule has 16 heavy (non-hydrogen) atoms. The van der Waals surface area contributed by atoms with Crippen molar-refractivity contribution in [2.45, 2.75) is 19.4 Å². The van der Waals surface area contributed by atoms with Gasteiger partial charge in [0.1, 0.15) is 0 Å². The number of halogens is 3. The molecule has 6 heteroatoms. The van der Waals surface area contributed by atoms with E-state index in [2.05, 4.69) is 36.1 Å². The highest BCUT2D eigenvalue weighted by Crippen LogP contribution is 2.05. The molecular formula is C10H26Cl3N3. The smallest absolute Gasteiger partial charge is 0.0110 e. The molecule has 0 spiro atoms. The summed E-state index contributed by atoms with van der Waals surface area (Å²) in [4.78, 5) is 4.85. The molecule has 1 aliphatic rings. The highest BCUT2D eigenvalue weighted by molar-refractivity contribution is 5.86. The molecule has 3 nitrogen and oxygen atoms in total. The van der Waals surface area contributed by atoms with Crippen molar-refractivity contribution in [3.05, 3.63) is 0 Å². The average molecular weight is 295 g/mol. The van der Waals surface area contributed by atoms with Gasteiger partial charge in [-0.3, -0.25) is 4.90 Å². The Morgan fingerprint density at radius 2 is 1.62 bits per heavy atom. The van der Waals surface area contributed by atoms with Gasteiger partial charge in [-0.1, -0.05) is 0 Å². The lowest BCUT2D eigenvalue weighted by atomic mass is 10.2. The van der Waals surface area contributed by atoms with Gasteiger partial charge in [0.05, 0.1) is 0 Å². The van der Waals surface area contributed by atoms with Crippen LogP contribution >= 0.6 is 37.2 Å². The number of rotatable bonds is 4. The second-order valence-corrected chi connectivity index (χ2v) is 4.23. The maximum absolute atomic E-state index is 3.38. The van der Waals surface area contributed by atoms with E-state index in [1.165, 1.54) is 26.1 Å². The van der Waals surface area contributed by atoms with Gasteiger partial charge in [-0.25, -0.2) is 0 Å². The summed E-state index contributed by atoms with van der Waals surface area (Å²) in [7, 11) is 4.29. The highest BCUT2D eigenvalue weighted by atomic mass is 35.5. The Labute approximate surface area is 119 Å². The molecule has 0 aromatic carbocycles. The van der Waals surface area contributed by atoms with E-state index >= 15 is 0 Å². The summed E-state index contributed by atoms with van der Waals surface area (Å²) in [6.45, 7) is 8.29. The van der Waals surface area contributed by atoms with Gasteiger partial charge in [0, 0.05) is 32.2 Å². The second kappa shape index (κ2) is 12.2. The molecular weight excluding hydrogens is 268 g/mol. The van der Waals surface area contributed by atoms with Crippen LogP contribution < -0.4 is 5.32 Å². The van der Waals surface area contributed by atoms with Crippen molar-refractivity contribution in [1.29, 1.82) is 0 Å². The van der Waals surface area contributed by atoms with Crippen molar-refractivity contribution in [1.82, 2.24) is 15.1 Å². The fourth-order valence-electron chi connectivity index (χ4n) is 1.75. The van der Waals surface area contributed by atoms with Gasteiger partial charge in [-0.05, 0) is 34.0 Å². The molecule has 1 fully saturated rings. The zero-order valence-corrected chi connectivity index (χ0v) is 12.9. The Hall–Kier alpha value is 0.750. The van der Waals surface area contributed by atoms with Crippen LogP contribution in [0.3, 0.4) is 0 Å². The minimum Gasteiger partial charge on any atom is -0.314 e. The summed E-state index contributed by atoms with van der Waals surface area (Å²) in [5.74, 6) is 0. The summed E-state index contributed by atoms with van der Waals surface area (Å²) in [5.41, 5.74) is 0. The van der Waals surface area contributed by atoms with Crippen LogP contribution in [-0.2, 0) is 0 Å². The summed E-state index contributed by atoms with van der Waals surface area (Å²) in [5, 5.41) is 3.38. The molecule has 1 saturated heterocycles. The molecule has 0 bridgehead atoms. The first-order chi connectivity index (χ1) is 6.20. The number of piperazine rings is 1. The SMILES string of the molecule is CC(CCN(C)C)N1CCNCC1.Cl.Cl.Cl. The topological polar surface area (TPSA) is 18.5 Å². The van der Waals surface area contributed by atoms with Gasteiger partial charge in [0.25, 0.3) is 0 Å². The van der Waals surface area contributed by atoms with Crippen LogP contribution in [0.25, 0.3) is 0 Å². The molecule has 0 aromatic heterocycles. The summed E-state index contributed by atoms with van der Waals surface area (Å²) in [6.07, 6.45) is 1.28. The third-order valence-electron chi connectivity index (χ3n) is 2.77. The highest BCUT2D eigenvalue weighted by Gasteiger charge is 2.15. The first kappa shape index (κ1) is 22.0. The van der Waals surface area contributed by atoms with E-state index in [0.717, 1.165) is 19.1 Å². The van der Waals surface area contributed by atoms with Crippen molar-refractivity contribution < 1.29 is 0 Å². The number of nitrogens with one attached hydrogen (secondary N) is 1. The maximum Gasteiger partial charge on any atom is 0.0110 e. The lowest BCUT2D eigenvalue weighted by Crippen LogP contribution is -2.48. The van der Waals surface area contributed by atoms with E-state index in [-0.39, 0.29) is 37.2 Å². The van der Waals surface area contributed by atoms with Gasteiger partial charge in [-0.15, -0.1) is 37.2 Å². The molecule has 0 amide bonds. The number of nitrogens with zero attached hydrogens (tertiary/aromatic N) is 2. The zero-order chi connectivity index (χ0) is 9.68. The predicted octanol–water partition coefficient (Wildman–Crippen LogP) is 1.50. The van der Waals surface area contributed by atoms with Crippen molar-refractivity contribution in [3.63, 3.8) is 0 Å². The average Bonchev–Trinajstić information content (AvgIpc) is 2.15. The lowest BCUT2D eigenvalue weighted by molar-refractivity contribution is 0.167. The van der Waals surface area contributed by atoms with Gasteiger partial charge in [-0.2, -0.15) is 0 Å². The normalized spacial score (nSPS) is 18.0. The maximum atomic E-state index is 3.38. The van der Waals surface area contributed by atoms with Crippen molar-refractivity contribution in [2.24, 2.45) is 0 Å². The Balaban J connectivity index is -0.000000563. The van der Waals surface area contributed by atoms with E-state index in [0.29, 0.717) is 0 Å². The molecule has 1 unspecified atom stereocenters. The fourth-order valence-corrected chi connectivity index (χ4v) is 1.75. The third-order valence-corrected chi connectivity index (χ3v) is 2.77. The summed E-state index contributed by atoms with van der Waals surface area (Å²) < 4.78 is 0. The van der Waals surface area contributed by atoms with Crippen molar-refractivity contribution in [3.8, 4) is 0 Å². The summed E-state index contributed by atoms with van der Waals surface area (Å²) in [6, 6.07) is 0.740.